The fraction of sp³-hybridized carbons (Fsp3) is 0.619. The Morgan fingerprint density at radius 1 is 1.19 bits per heavy atom. The lowest BCUT2D eigenvalue weighted by Crippen LogP contribution is -2.52. The molecule has 3 rings (SSSR count). The van der Waals surface area contributed by atoms with Gasteiger partial charge in [0.15, 0.2) is 0 Å². The number of hydrogen-bond acceptors (Lipinski definition) is 3. The summed E-state index contributed by atoms with van der Waals surface area (Å²) in [5, 5.41) is 6.10. The molecule has 148 valence electrons. The second-order valence-corrected chi connectivity index (χ2v) is 7.36. The molecular weight excluding hydrogens is 342 g/mol. The summed E-state index contributed by atoms with van der Waals surface area (Å²) in [5.41, 5.74) is 0.679. The third-order valence-corrected chi connectivity index (χ3v) is 5.53. The Kier molecular flexibility index (Phi) is 6.96. The molecule has 2 unspecified atom stereocenters. The predicted octanol–water partition coefficient (Wildman–Crippen LogP) is 3.78. The van der Waals surface area contributed by atoms with Gasteiger partial charge in [-0.1, -0.05) is 25.0 Å². The number of fused-ring (bicyclic) bond motifs is 1. The van der Waals surface area contributed by atoms with E-state index >= 15 is 0 Å². The first-order chi connectivity index (χ1) is 13.2. The van der Waals surface area contributed by atoms with Crippen LogP contribution in [0.15, 0.2) is 24.3 Å². The largest absolute Gasteiger partial charge is 0.492 e. The summed E-state index contributed by atoms with van der Waals surface area (Å²) < 4.78 is 5.63. The number of carbonyl (C=O) groups is 2. The van der Waals surface area contributed by atoms with Gasteiger partial charge in [0.05, 0.1) is 18.2 Å². The van der Waals surface area contributed by atoms with Crippen LogP contribution < -0.4 is 15.4 Å². The van der Waals surface area contributed by atoms with Crippen LogP contribution in [0.3, 0.4) is 0 Å². The van der Waals surface area contributed by atoms with Gasteiger partial charge in [-0.15, -0.1) is 0 Å². The number of hydrogen-bond donors (Lipinski definition) is 2. The number of carbonyl (C=O) groups excluding carboxylic acids is 2. The van der Waals surface area contributed by atoms with Crippen molar-refractivity contribution in [1.29, 1.82) is 0 Å². The van der Waals surface area contributed by atoms with Crippen LogP contribution in [0.1, 0.15) is 51.9 Å². The highest BCUT2D eigenvalue weighted by Gasteiger charge is 2.37. The second kappa shape index (κ2) is 9.62. The zero-order valence-corrected chi connectivity index (χ0v) is 16.2. The Hall–Kier alpha value is -2.24. The molecule has 1 aromatic carbocycles. The average Bonchev–Trinajstić information content (AvgIpc) is 2.69. The molecule has 2 N–H and O–H groups in total. The van der Waals surface area contributed by atoms with Gasteiger partial charge in [0.1, 0.15) is 5.75 Å². The lowest BCUT2D eigenvalue weighted by molar-refractivity contribution is -0.128. The predicted molar refractivity (Wildman–Crippen MR) is 106 cm³/mol. The molecule has 3 amide bonds. The fourth-order valence-corrected chi connectivity index (χ4v) is 4.17. The molecule has 1 heterocycles. The van der Waals surface area contributed by atoms with E-state index in [1.165, 1.54) is 0 Å². The molecule has 0 bridgehead atoms. The summed E-state index contributed by atoms with van der Waals surface area (Å²) in [6.45, 7) is 3.91. The van der Waals surface area contributed by atoms with E-state index in [-0.39, 0.29) is 23.9 Å². The van der Waals surface area contributed by atoms with Crippen molar-refractivity contribution in [3.63, 3.8) is 0 Å². The highest BCUT2D eigenvalue weighted by atomic mass is 16.5. The molecule has 6 nitrogen and oxygen atoms in total. The zero-order valence-electron chi connectivity index (χ0n) is 16.2. The van der Waals surface area contributed by atoms with Gasteiger partial charge in [-0.2, -0.15) is 0 Å². The molecule has 0 radical (unpaired) electrons. The van der Waals surface area contributed by atoms with E-state index in [1.807, 2.05) is 36.1 Å². The molecular formula is C21H31N3O3. The number of para-hydroxylation sites is 2. The molecule has 1 aliphatic carbocycles. The van der Waals surface area contributed by atoms with E-state index in [1.54, 1.807) is 0 Å². The minimum atomic E-state index is -0.132. The van der Waals surface area contributed by atoms with E-state index in [0.29, 0.717) is 24.6 Å². The molecule has 2 fully saturated rings. The van der Waals surface area contributed by atoms with Gasteiger partial charge >= 0.3 is 6.03 Å². The summed E-state index contributed by atoms with van der Waals surface area (Å²) in [6.07, 6.45) is 6.79. The highest BCUT2D eigenvalue weighted by molar-refractivity contribution is 5.92. The van der Waals surface area contributed by atoms with E-state index in [2.05, 4.69) is 10.6 Å². The summed E-state index contributed by atoms with van der Waals surface area (Å²) in [6, 6.07) is 7.33. The van der Waals surface area contributed by atoms with Crippen LogP contribution in [-0.4, -0.2) is 42.6 Å². The third-order valence-electron chi connectivity index (χ3n) is 5.53. The molecule has 1 saturated heterocycles. The van der Waals surface area contributed by atoms with E-state index < -0.39 is 0 Å². The van der Waals surface area contributed by atoms with Crippen molar-refractivity contribution in [2.45, 2.75) is 57.9 Å². The number of amides is 3. The zero-order chi connectivity index (χ0) is 19.1. The van der Waals surface area contributed by atoms with Crippen LogP contribution in [0.2, 0.25) is 0 Å². The van der Waals surface area contributed by atoms with Gasteiger partial charge in [-0.05, 0) is 51.2 Å². The molecule has 1 saturated carbocycles. The molecule has 1 aromatic rings. The Balaban J connectivity index is 1.80. The topological polar surface area (TPSA) is 70.7 Å². The quantitative estimate of drug-likeness (QED) is 0.847. The Bertz CT molecular complexity index is 649. The summed E-state index contributed by atoms with van der Waals surface area (Å²) in [4.78, 5) is 27.7. The maximum absolute atomic E-state index is 13.2. The summed E-state index contributed by atoms with van der Waals surface area (Å²) >= 11 is 0. The standard InChI is InChI=1S/C21H31N3O3/c1-2-27-19-13-7-5-11-17(19)23-21(26)24-15-9-3-8-14-22-20(25)16-10-4-6-12-18(16)24/h5,7,11,13,16,18H,2-4,6,8-10,12,14-15H2,1H3,(H,22,25)(H,23,26). The lowest BCUT2D eigenvalue weighted by atomic mass is 9.82. The summed E-state index contributed by atoms with van der Waals surface area (Å²) in [7, 11) is 0. The number of anilines is 1. The smallest absolute Gasteiger partial charge is 0.322 e. The maximum atomic E-state index is 13.2. The van der Waals surface area contributed by atoms with Gasteiger partial charge in [-0.25, -0.2) is 4.79 Å². The van der Waals surface area contributed by atoms with E-state index in [4.69, 9.17) is 4.74 Å². The number of benzene rings is 1. The SMILES string of the molecule is CCOc1ccccc1NC(=O)N1CCCCCNC(=O)C2CCCCC21. The normalized spacial score (nSPS) is 23.7. The minimum Gasteiger partial charge on any atom is -0.492 e. The summed E-state index contributed by atoms with van der Waals surface area (Å²) in [5.74, 6) is 0.672. The monoisotopic (exact) mass is 373 g/mol. The van der Waals surface area contributed by atoms with E-state index in [9.17, 15) is 9.59 Å². The number of urea groups is 1. The number of rotatable bonds is 3. The van der Waals surface area contributed by atoms with Crippen LogP contribution in [0.5, 0.6) is 5.75 Å². The number of ether oxygens (including phenoxy) is 1. The molecule has 2 aliphatic rings. The fourth-order valence-electron chi connectivity index (χ4n) is 4.17. The van der Waals surface area contributed by atoms with Crippen molar-refractivity contribution in [2.24, 2.45) is 5.92 Å². The maximum Gasteiger partial charge on any atom is 0.322 e. The van der Waals surface area contributed by atoms with Crippen molar-refractivity contribution >= 4 is 17.6 Å². The van der Waals surface area contributed by atoms with Crippen molar-refractivity contribution in [1.82, 2.24) is 10.2 Å². The molecule has 2 atom stereocenters. The number of nitrogens with one attached hydrogen (secondary N) is 2. The van der Waals surface area contributed by atoms with E-state index in [0.717, 1.165) is 51.5 Å². The highest BCUT2D eigenvalue weighted by Crippen LogP contribution is 2.31. The first-order valence-electron chi connectivity index (χ1n) is 10.3. The Morgan fingerprint density at radius 3 is 2.85 bits per heavy atom. The molecule has 0 spiro atoms. The van der Waals surface area contributed by atoms with Crippen LogP contribution in [0.25, 0.3) is 0 Å². The first kappa shape index (κ1) is 19.5. The second-order valence-electron chi connectivity index (χ2n) is 7.36. The first-order valence-corrected chi connectivity index (χ1v) is 10.3. The van der Waals surface area contributed by atoms with Crippen LogP contribution in [0, 0.1) is 5.92 Å². The molecule has 0 aromatic heterocycles. The van der Waals surface area contributed by atoms with Crippen molar-refractivity contribution in [2.75, 3.05) is 25.0 Å². The minimum absolute atomic E-state index is 0.0314. The van der Waals surface area contributed by atoms with Crippen molar-refractivity contribution in [3.05, 3.63) is 24.3 Å². The Labute approximate surface area is 161 Å². The Morgan fingerprint density at radius 2 is 2.00 bits per heavy atom. The van der Waals surface area contributed by atoms with Gasteiger partial charge in [0.2, 0.25) is 5.91 Å². The van der Waals surface area contributed by atoms with Crippen LogP contribution in [-0.2, 0) is 4.79 Å². The number of nitrogens with zero attached hydrogens (tertiary/aromatic N) is 1. The van der Waals surface area contributed by atoms with Gasteiger partial charge in [0.25, 0.3) is 0 Å². The van der Waals surface area contributed by atoms with Crippen molar-refractivity contribution < 1.29 is 14.3 Å². The van der Waals surface area contributed by atoms with Crippen LogP contribution in [0.4, 0.5) is 10.5 Å². The third kappa shape index (κ3) is 4.93. The van der Waals surface area contributed by atoms with Crippen molar-refractivity contribution in [3.8, 4) is 5.75 Å². The molecule has 1 aliphatic heterocycles. The van der Waals surface area contributed by atoms with Crippen LogP contribution >= 0.6 is 0 Å². The average molecular weight is 373 g/mol. The lowest BCUT2D eigenvalue weighted by Gasteiger charge is -2.40. The van der Waals surface area contributed by atoms with Gasteiger partial charge < -0.3 is 20.3 Å². The van der Waals surface area contributed by atoms with Gasteiger partial charge in [0, 0.05) is 19.1 Å². The molecule has 6 heteroatoms. The van der Waals surface area contributed by atoms with Gasteiger partial charge in [-0.3, -0.25) is 4.79 Å². The molecule has 27 heavy (non-hydrogen) atoms.